The molecule has 2 aromatic heterocycles. The van der Waals surface area contributed by atoms with Gasteiger partial charge in [0.2, 0.25) is 0 Å². The summed E-state index contributed by atoms with van der Waals surface area (Å²) in [5, 5.41) is 5.92. The van der Waals surface area contributed by atoms with Gasteiger partial charge in [-0.05, 0) is 35.9 Å². The zero-order valence-corrected chi connectivity index (χ0v) is 13.5. The van der Waals surface area contributed by atoms with Crippen LogP contribution in [0.15, 0.2) is 67.0 Å². The van der Waals surface area contributed by atoms with Crippen LogP contribution in [0.1, 0.15) is 0 Å². The molecule has 0 aliphatic heterocycles. The number of rotatable bonds is 2. The lowest BCUT2D eigenvalue weighted by atomic mass is 10.1. The number of hydrogen-bond donors (Lipinski definition) is 0. The molecular formula is C18H11Cl2N3. The van der Waals surface area contributed by atoms with Crippen LogP contribution in [0.5, 0.6) is 0 Å². The smallest absolute Gasteiger partial charge is 0.163 e. The molecule has 23 heavy (non-hydrogen) atoms. The van der Waals surface area contributed by atoms with Gasteiger partial charge in [-0.2, -0.15) is 5.10 Å². The highest BCUT2D eigenvalue weighted by molar-refractivity contribution is 6.30. The molecule has 0 atom stereocenters. The van der Waals surface area contributed by atoms with Gasteiger partial charge >= 0.3 is 0 Å². The van der Waals surface area contributed by atoms with Crippen LogP contribution in [0, 0.1) is 0 Å². The van der Waals surface area contributed by atoms with E-state index in [0.29, 0.717) is 10.0 Å². The van der Waals surface area contributed by atoms with Crippen molar-refractivity contribution in [2.45, 2.75) is 0 Å². The molecular weight excluding hydrogens is 329 g/mol. The van der Waals surface area contributed by atoms with Crippen molar-refractivity contribution < 1.29 is 0 Å². The quantitative estimate of drug-likeness (QED) is 0.491. The maximum absolute atomic E-state index is 5.97. The Morgan fingerprint density at radius 1 is 0.739 bits per heavy atom. The Hall–Kier alpha value is -2.36. The van der Waals surface area contributed by atoms with Crippen molar-refractivity contribution in [3.8, 4) is 22.4 Å². The normalized spacial score (nSPS) is 11.0. The van der Waals surface area contributed by atoms with Crippen LogP contribution in [0.2, 0.25) is 10.0 Å². The average Bonchev–Trinajstić information content (AvgIpc) is 3.00. The van der Waals surface area contributed by atoms with Gasteiger partial charge in [0.05, 0.1) is 11.9 Å². The molecule has 4 rings (SSSR count). The van der Waals surface area contributed by atoms with Gasteiger partial charge in [0, 0.05) is 27.4 Å². The van der Waals surface area contributed by atoms with Crippen LogP contribution in [-0.4, -0.2) is 14.6 Å². The Labute approximate surface area is 143 Å². The molecule has 0 bridgehead atoms. The van der Waals surface area contributed by atoms with Gasteiger partial charge < -0.3 is 0 Å². The lowest BCUT2D eigenvalue weighted by Gasteiger charge is -2.05. The second-order valence-electron chi connectivity index (χ2n) is 5.14. The molecule has 0 spiro atoms. The highest BCUT2D eigenvalue weighted by atomic mass is 35.5. The van der Waals surface area contributed by atoms with Crippen LogP contribution in [0.25, 0.3) is 28.0 Å². The van der Waals surface area contributed by atoms with Gasteiger partial charge in [-0.15, -0.1) is 0 Å². The highest BCUT2D eigenvalue weighted by Crippen LogP contribution is 2.28. The van der Waals surface area contributed by atoms with E-state index in [1.807, 2.05) is 65.3 Å². The summed E-state index contributed by atoms with van der Waals surface area (Å²) in [5.74, 6) is 0. The van der Waals surface area contributed by atoms with Crippen molar-refractivity contribution in [2.75, 3.05) is 0 Å². The zero-order valence-electron chi connectivity index (χ0n) is 11.9. The summed E-state index contributed by atoms with van der Waals surface area (Å²) in [6.07, 6.45) is 3.62. The van der Waals surface area contributed by atoms with E-state index in [-0.39, 0.29) is 0 Å². The molecule has 0 aliphatic carbocycles. The summed E-state index contributed by atoms with van der Waals surface area (Å²) in [5.41, 5.74) is 4.81. The van der Waals surface area contributed by atoms with Crippen molar-refractivity contribution >= 4 is 28.8 Å². The third-order valence-corrected chi connectivity index (χ3v) is 4.20. The molecule has 2 heterocycles. The van der Waals surface area contributed by atoms with E-state index in [2.05, 4.69) is 10.1 Å². The summed E-state index contributed by atoms with van der Waals surface area (Å²) >= 11 is 11.9. The Balaban J connectivity index is 1.89. The molecule has 3 nitrogen and oxygen atoms in total. The molecule has 0 fully saturated rings. The van der Waals surface area contributed by atoms with Crippen LogP contribution >= 0.6 is 23.2 Å². The Morgan fingerprint density at radius 3 is 2.00 bits per heavy atom. The van der Waals surface area contributed by atoms with Gasteiger partial charge in [-0.3, -0.25) is 0 Å². The molecule has 4 aromatic rings. The van der Waals surface area contributed by atoms with E-state index in [0.717, 1.165) is 28.0 Å². The first-order valence-corrected chi connectivity index (χ1v) is 7.82. The van der Waals surface area contributed by atoms with E-state index in [4.69, 9.17) is 23.2 Å². The van der Waals surface area contributed by atoms with E-state index in [1.54, 1.807) is 6.20 Å². The van der Waals surface area contributed by atoms with Crippen molar-refractivity contribution in [1.82, 2.24) is 14.6 Å². The second-order valence-corrected chi connectivity index (χ2v) is 6.01. The fraction of sp³-hybridized carbons (Fsp3) is 0. The predicted molar refractivity (Wildman–Crippen MR) is 93.9 cm³/mol. The summed E-state index contributed by atoms with van der Waals surface area (Å²) in [7, 11) is 0. The SMILES string of the molecule is Clc1ccc(-c2cnn3c(-c4ccc(Cl)cc4)ccnc23)cc1. The minimum absolute atomic E-state index is 0.708. The van der Waals surface area contributed by atoms with Crippen molar-refractivity contribution in [1.29, 1.82) is 0 Å². The van der Waals surface area contributed by atoms with E-state index >= 15 is 0 Å². The molecule has 0 amide bonds. The number of aromatic nitrogens is 3. The largest absolute Gasteiger partial charge is 0.236 e. The monoisotopic (exact) mass is 339 g/mol. The molecule has 0 saturated heterocycles. The third kappa shape index (κ3) is 2.58. The first-order chi connectivity index (χ1) is 11.2. The molecule has 2 aromatic carbocycles. The van der Waals surface area contributed by atoms with Crippen molar-refractivity contribution in [3.63, 3.8) is 0 Å². The first-order valence-electron chi connectivity index (χ1n) is 7.07. The van der Waals surface area contributed by atoms with Crippen molar-refractivity contribution in [2.24, 2.45) is 0 Å². The average molecular weight is 340 g/mol. The highest BCUT2D eigenvalue weighted by Gasteiger charge is 2.11. The first kappa shape index (κ1) is 14.2. The second kappa shape index (κ2) is 5.69. The van der Waals surface area contributed by atoms with E-state index < -0.39 is 0 Å². The summed E-state index contributed by atoms with van der Waals surface area (Å²) in [6, 6.07) is 17.3. The van der Waals surface area contributed by atoms with Gasteiger partial charge in [-0.25, -0.2) is 9.50 Å². The zero-order chi connectivity index (χ0) is 15.8. The van der Waals surface area contributed by atoms with Crippen LogP contribution in [0.4, 0.5) is 0 Å². The number of hydrogen-bond acceptors (Lipinski definition) is 2. The summed E-state index contributed by atoms with van der Waals surface area (Å²) in [4.78, 5) is 4.49. The molecule has 0 saturated carbocycles. The molecule has 112 valence electrons. The minimum atomic E-state index is 0.708. The standard InChI is InChI=1S/C18H11Cl2N3/c19-14-5-1-12(2-6-14)16-11-22-23-17(9-10-21-18(16)23)13-3-7-15(20)8-4-13/h1-11H. The van der Waals surface area contributed by atoms with E-state index in [9.17, 15) is 0 Å². The van der Waals surface area contributed by atoms with Crippen LogP contribution in [0.3, 0.4) is 0 Å². The van der Waals surface area contributed by atoms with Gasteiger partial charge in [0.1, 0.15) is 0 Å². The lowest BCUT2D eigenvalue weighted by Crippen LogP contribution is -1.95. The third-order valence-electron chi connectivity index (χ3n) is 3.70. The minimum Gasteiger partial charge on any atom is -0.236 e. The lowest BCUT2D eigenvalue weighted by molar-refractivity contribution is 0.948. The van der Waals surface area contributed by atoms with Crippen LogP contribution < -0.4 is 0 Å². The number of nitrogens with zero attached hydrogens (tertiary/aromatic N) is 3. The van der Waals surface area contributed by atoms with Crippen molar-refractivity contribution in [3.05, 3.63) is 77.0 Å². The molecule has 5 heteroatoms. The van der Waals surface area contributed by atoms with E-state index in [1.165, 1.54) is 0 Å². The number of benzene rings is 2. The van der Waals surface area contributed by atoms with Gasteiger partial charge in [0.25, 0.3) is 0 Å². The molecule has 0 radical (unpaired) electrons. The van der Waals surface area contributed by atoms with Crippen LogP contribution in [-0.2, 0) is 0 Å². The Morgan fingerprint density at radius 2 is 1.35 bits per heavy atom. The summed E-state index contributed by atoms with van der Waals surface area (Å²) in [6.45, 7) is 0. The Bertz CT molecular complexity index is 974. The topological polar surface area (TPSA) is 30.2 Å². The fourth-order valence-electron chi connectivity index (χ4n) is 2.56. The van der Waals surface area contributed by atoms with Gasteiger partial charge in [-0.1, -0.05) is 47.5 Å². The number of fused-ring (bicyclic) bond motifs is 1. The fourth-order valence-corrected chi connectivity index (χ4v) is 2.82. The predicted octanol–water partition coefficient (Wildman–Crippen LogP) is 5.37. The van der Waals surface area contributed by atoms with Gasteiger partial charge in [0.15, 0.2) is 5.65 Å². The maximum atomic E-state index is 5.97. The summed E-state index contributed by atoms with van der Waals surface area (Å²) < 4.78 is 1.84. The maximum Gasteiger partial charge on any atom is 0.163 e. The Kier molecular flexibility index (Phi) is 3.52. The molecule has 0 unspecified atom stereocenters. The number of halogens is 2. The molecule has 0 N–H and O–H groups in total. The molecule has 0 aliphatic rings.